The topological polar surface area (TPSA) is 32.8 Å². The number of carbonyl (C=O) groups is 1. The van der Waals surface area contributed by atoms with Gasteiger partial charge in [0.2, 0.25) is 0 Å². The summed E-state index contributed by atoms with van der Waals surface area (Å²) in [4.78, 5) is 16.4. The average Bonchev–Trinajstić information content (AvgIpc) is 3.42. The van der Waals surface area contributed by atoms with E-state index in [0.717, 1.165) is 47.4 Å². The third kappa shape index (κ3) is 3.92. The van der Waals surface area contributed by atoms with Crippen molar-refractivity contribution >= 4 is 16.7 Å². The summed E-state index contributed by atoms with van der Waals surface area (Å²) in [5.41, 5.74) is 2.96. The molecule has 1 aliphatic carbocycles. The van der Waals surface area contributed by atoms with E-state index in [1.807, 2.05) is 24.3 Å². The molecule has 2 bridgehead atoms. The lowest BCUT2D eigenvalue weighted by atomic mass is 9.97. The Morgan fingerprint density at radius 2 is 1.77 bits per heavy atom. The maximum atomic E-state index is 12.2. The highest BCUT2D eigenvalue weighted by Crippen LogP contribution is 2.37. The van der Waals surface area contributed by atoms with E-state index < -0.39 is 0 Å². The number of piperidine rings is 1. The van der Waals surface area contributed by atoms with Crippen LogP contribution in [0.1, 0.15) is 29.6 Å². The van der Waals surface area contributed by atoms with Gasteiger partial charge in [-0.25, -0.2) is 0 Å². The maximum absolute atomic E-state index is 12.2. The molecule has 0 N–H and O–H groups in total. The van der Waals surface area contributed by atoms with Crippen molar-refractivity contribution < 1.29 is 9.53 Å². The average molecular weight is 415 g/mol. The zero-order valence-electron chi connectivity index (χ0n) is 18.4. The molecule has 1 heterocycles. The largest absolute Gasteiger partial charge is 0.492 e. The molecule has 2 atom stereocenters. The van der Waals surface area contributed by atoms with Crippen LogP contribution in [0.25, 0.3) is 21.9 Å². The lowest BCUT2D eigenvalue weighted by Crippen LogP contribution is -2.35. The summed E-state index contributed by atoms with van der Waals surface area (Å²) in [6, 6.07) is 21.3. The quantitative estimate of drug-likeness (QED) is 0.564. The van der Waals surface area contributed by atoms with E-state index >= 15 is 0 Å². The first-order valence-electron chi connectivity index (χ1n) is 11.3. The third-order valence-electron chi connectivity index (χ3n) is 6.89. The van der Waals surface area contributed by atoms with E-state index in [0.29, 0.717) is 5.56 Å². The van der Waals surface area contributed by atoms with Crippen molar-refractivity contribution in [3.63, 3.8) is 0 Å². The van der Waals surface area contributed by atoms with E-state index in [-0.39, 0.29) is 5.91 Å². The van der Waals surface area contributed by atoms with Crippen LogP contribution < -0.4 is 4.74 Å². The third-order valence-corrected chi connectivity index (χ3v) is 6.89. The number of amides is 1. The summed E-state index contributed by atoms with van der Waals surface area (Å²) in [5.74, 6) is 1.89. The summed E-state index contributed by atoms with van der Waals surface area (Å²) in [5, 5.41) is 2.31. The van der Waals surface area contributed by atoms with E-state index in [9.17, 15) is 4.79 Å². The predicted molar refractivity (Wildman–Crippen MR) is 126 cm³/mol. The van der Waals surface area contributed by atoms with Crippen LogP contribution in [0.4, 0.5) is 0 Å². The van der Waals surface area contributed by atoms with Crippen LogP contribution >= 0.6 is 0 Å². The van der Waals surface area contributed by atoms with Gasteiger partial charge in [-0.05, 0) is 59.9 Å². The molecular formula is C27H30N2O2. The lowest BCUT2D eigenvalue weighted by Gasteiger charge is -2.26. The van der Waals surface area contributed by atoms with Crippen LogP contribution in [-0.2, 0) is 0 Å². The molecule has 4 nitrogen and oxygen atoms in total. The molecule has 2 fully saturated rings. The minimum Gasteiger partial charge on any atom is -0.492 e. The van der Waals surface area contributed by atoms with Crippen LogP contribution in [0.3, 0.4) is 0 Å². The molecule has 3 aromatic carbocycles. The Morgan fingerprint density at radius 3 is 2.45 bits per heavy atom. The molecule has 1 saturated heterocycles. The summed E-state index contributed by atoms with van der Waals surface area (Å²) >= 11 is 0. The first kappa shape index (κ1) is 20.1. The molecule has 0 spiro atoms. The van der Waals surface area contributed by atoms with Crippen molar-refractivity contribution in [3.8, 4) is 16.9 Å². The number of nitrogens with zero attached hydrogens (tertiary/aromatic N) is 2. The van der Waals surface area contributed by atoms with Crippen molar-refractivity contribution in [1.29, 1.82) is 0 Å². The molecule has 3 aromatic rings. The Balaban J connectivity index is 1.35. The van der Waals surface area contributed by atoms with Gasteiger partial charge in [-0.1, -0.05) is 42.5 Å². The molecule has 31 heavy (non-hydrogen) atoms. The molecule has 4 heteroatoms. The first-order valence-corrected chi connectivity index (χ1v) is 11.3. The van der Waals surface area contributed by atoms with Crippen molar-refractivity contribution in [2.24, 2.45) is 5.92 Å². The van der Waals surface area contributed by atoms with Gasteiger partial charge in [0.1, 0.15) is 12.4 Å². The van der Waals surface area contributed by atoms with E-state index in [4.69, 9.17) is 4.74 Å². The standard InChI is InChI=1S/C27H30N2O2/c1-28(2)27(30)21-10-8-20(9-11-21)23-13-14-26(25-6-4-3-5-24(23)25)31-16-15-29-18-19-7-12-22(29)17-19/h3-6,8-11,13-14,19,22H,7,12,15-18H2,1-2H3/t19-,22+/m0/s1. The fourth-order valence-corrected chi connectivity index (χ4v) is 5.27. The van der Waals surface area contributed by atoms with Crippen molar-refractivity contribution in [3.05, 3.63) is 66.2 Å². The summed E-state index contributed by atoms with van der Waals surface area (Å²) in [6.07, 6.45) is 4.16. The highest BCUT2D eigenvalue weighted by Gasteiger charge is 2.37. The molecule has 0 aromatic heterocycles. The molecule has 2 aliphatic rings. The Morgan fingerprint density at radius 1 is 1.00 bits per heavy atom. The van der Waals surface area contributed by atoms with Gasteiger partial charge in [0, 0.05) is 44.2 Å². The van der Waals surface area contributed by atoms with Gasteiger partial charge in [0.15, 0.2) is 0 Å². The van der Waals surface area contributed by atoms with Crippen LogP contribution in [0.5, 0.6) is 5.75 Å². The van der Waals surface area contributed by atoms with Crippen molar-refractivity contribution in [2.45, 2.75) is 25.3 Å². The Bertz CT molecular complexity index is 1090. The maximum Gasteiger partial charge on any atom is 0.253 e. The molecule has 1 aliphatic heterocycles. The van der Waals surface area contributed by atoms with Crippen LogP contribution in [0, 0.1) is 5.92 Å². The zero-order chi connectivity index (χ0) is 21.4. The van der Waals surface area contributed by atoms with Crippen molar-refractivity contribution in [2.75, 3.05) is 33.8 Å². The smallest absolute Gasteiger partial charge is 0.253 e. The van der Waals surface area contributed by atoms with Gasteiger partial charge >= 0.3 is 0 Å². The van der Waals surface area contributed by atoms with E-state index in [2.05, 4.69) is 41.3 Å². The first-order chi connectivity index (χ1) is 15.1. The highest BCUT2D eigenvalue weighted by molar-refractivity contribution is 6.01. The number of benzene rings is 3. The second-order valence-corrected chi connectivity index (χ2v) is 9.11. The van der Waals surface area contributed by atoms with Gasteiger partial charge in [0.05, 0.1) is 0 Å². The summed E-state index contributed by atoms with van der Waals surface area (Å²) < 4.78 is 6.26. The molecule has 1 amide bonds. The number of carbonyl (C=O) groups excluding carboxylic acids is 1. The minimum atomic E-state index is 0.0198. The molecule has 5 rings (SSSR count). The zero-order valence-corrected chi connectivity index (χ0v) is 18.4. The van der Waals surface area contributed by atoms with E-state index in [1.165, 1.54) is 31.2 Å². The lowest BCUT2D eigenvalue weighted by molar-refractivity contribution is 0.0827. The number of hydrogen-bond acceptors (Lipinski definition) is 3. The molecule has 160 valence electrons. The van der Waals surface area contributed by atoms with Gasteiger partial charge in [-0.3, -0.25) is 9.69 Å². The van der Waals surface area contributed by atoms with Gasteiger partial charge < -0.3 is 9.64 Å². The number of fused-ring (bicyclic) bond motifs is 3. The molecule has 0 radical (unpaired) electrons. The minimum absolute atomic E-state index is 0.0198. The Kier molecular flexibility index (Phi) is 5.41. The normalized spacial score (nSPS) is 20.3. The van der Waals surface area contributed by atoms with Gasteiger partial charge in [-0.2, -0.15) is 0 Å². The Hall–Kier alpha value is -2.85. The number of rotatable bonds is 6. The fourth-order valence-electron chi connectivity index (χ4n) is 5.27. The van der Waals surface area contributed by atoms with Crippen LogP contribution in [-0.4, -0.2) is 55.5 Å². The Labute approximate surface area is 184 Å². The molecule has 0 unspecified atom stereocenters. The summed E-state index contributed by atoms with van der Waals surface area (Å²) in [6.45, 7) is 2.99. The SMILES string of the molecule is CN(C)C(=O)c1ccc(-c2ccc(OCCN3C[C@H]4CC[C@@H]3C4)c3ccccc23)cc1. The highest BCUT2D eigenvalue weighted by atomic mass is 16.5. The van der Waals surface area contributed by atoms with E-state index in [1.54, 1.807) is 19.0 Å². The molecule has 1 saturated carbocycles. The second kappa shape index (κ2) is 8.35. The number of ether oxygens (including phenoxy) is 1. The van der Waals surface area contributed by atoms with Crippen LogP contribution in [0.15, 0.2) is 60.7 Å². The number of likely N-dealkylation sites (tertiary alicyclic amines) is 1. The number of hydrogen-bond donors (Lipinski definition) is 0. The van der Waals surface area contributed by atoms with Gasteiger partial charge in [-0.15, -0.1) is 0 Å². The monoisotopic (exact) mass is 414 g/mol. The van der Waals surface area contributed by atoms with Gasteiger partial charge in [0.25, 0.3) is 5.91 Å². The second-order valence-electron chi connectivity index (χ2n) is 9.11. The fraction of sp³-hybridized carbons (Fsp3) is 0.370. The molecular weight excluding hydrogens is 384 g/mol. The van der Waals surface area contributed by atoms with Crippen LogP contribution in [0.2, 0.25) is 0 Å². The predicted octanol–water partition coefficient (Wildman–Crippen LogP) is 5.07. The van der Waals surface area contributed by atoms with Crippen molar-refractivity contribution in [1.82, 2.24) is 9.80 Å². The summed E-state index contributed by atoms with van der Waals surface area (Å²) in [7, 11) is 3.55.